The van der Waals surface area contributed by atoms with Gasteiger partial charge in [0.2, 0.25) is 0 Å². The number of hydrogen-bond donors (Lipinski definition) is 1. The van der Waals surface area contributed by atoms with Gasteiger partial charge in [-0.05, 0) is 43.5 Å². The summed E-state index contributed by atoms with van der Waals surface area (Å²) < 4.78 is 0. The molecule has 1 saturated carbocycles. The van der Waals surface area contributed by atoms with Crippen LogP contribution in [0.1, 0.15) is 41.2 Å². The van der Waals surface area contributed by atoms with Crippen LogP contribution in [0.25, 0.3) is 10.9 Å². The SMILES string of the molecule is NC1CCN(C(=O)c2cc(C3CC3)nc3ccc(Cl)cc23)C1. The molecule has 2 aliphatic rings. The Morgan fingerprint density at radius 3 is 2.77 bits per heavy atom. The molecule has 2 aromatic rings. The Bertz CT molecular complexity index is 757. The molecule has 0 radical (unpaired) electrons. The van der Waals surface area contributed by atoms with Gasteiger partial charge in [0.1, 0.15) is 0 Å². The van der Waals surface area contributed by atoms with E-state index in [1.807, 2.05) is 29.2 Å². The highest BCUT2D eigenvalue weighted by molar-refractivity contribution is 6.31. The molecule has 1 aliphatic heterocycles. The highest BCUT2D eigenvalue weighted by Crippen LogP contribution is 2.40. The Morgan fingerprint density at radius 1 is 1.27 bits per heavy atom. The number of rotatable bonds is 2. The lowest BCUT2D eigenvalue weighted by molar-refractivity contribution is 0.0792. The Labute approximate surface area is 134 Å². The van der Waals surface area contributed by atoms with E-state index in [0.29, 0.717) is 23.0 Å². The lowest BCUT2D eigenvalue weighted by Crippen LogP contribution is -2.32. The summed E-state index contributed by atoms with van der Waals surface area (Å²) in [5, 5.41) is 1.46. The molecular weight excluding hydrogens is 298 g/mol. The first-order valence-corrected chi connectivity index (χ1v) is 8.14. The Balaban J connectivity index is 1.83. The first kappa shape index (κ1) is 14.0. The summed E-state index contributed by atoms with van der Waals surface area (Å²) in [5.74, 6) is 0.553. The van der Waals surface area contributed by atoms with E-state index in [0.717, 1.165) is 42.4 Å². The van der Waals surface area contributed by atoms with Crippen LogP contribution in [0.15, 0.2) is 24.3 Å². The third-order valence-corrected chi connectivity index (χ3v) is 4.76. The van der Waals surface area contributed by atoms with E-state index >= 15 is 0 Å². The second-order valence-corrected chi connectivity index (χ2v) is 6.77. The van der Waals surface area contributed by atoms with Crippen LogP contribution in [-0.2, 0) is 0 Å². The van der Waals surface area contributed by atoms with Crippen molar-refractivity contribution in [1.82, 2.24) is 9.88 Å². The van der Waals surface area contributed by atoms with Crippen molar-refractivity contribution in [3.8, 4) is 0 Å². The van der Waals surface area contributed by atoms with Gasteiger partial charge in [-0.3, -0.25) is 9.78 Å². The smallest absolute Gasteiger partial charge is 0.254 e. The van der Waals surface area contributed by atoms with Crippen LogP contribution in [0.2, 0.25) is 5.02 Å². The van der Waals surface area contributed by atoms with Crippen LogP contribution in [0.3, 0.4) is 0 Å². The number of fused-ring (bicyclic) bond motifs is 1. The molecule has 1 aromatic heterocycles. The largest absolute Gasteiger partial charge is 0.337 e. The summed E-state index contributed by atoms with van der Waals surface area (Å²) in [5.41, 5.74) is 8.53. The number of carbonyl (C=O) groups is 1. The number of hydrogen-bond acceptors (Lipinski definition) is 3. The van der Waals surface area contributed by atoms with Crippen LogP contribution in [0.5, 0.6) is 0 Å². The molecule has 2 fully saturated rings. The van der Waals surface area contributed by atoms with Gasteiger partial charge in [-0.25, -0.2) is 0 Å². The van der Waals surface area contributed by atoms with E-state index in [2.05, 4.69) is 0 Å². The van der Waals surface area contributed by atoms with Gasteiger partial charge in [-0.2, -0.15) is 0 Å². The molecule has 2 N–H and O–H groups in total. The maximum absolute atomic E-state index is 12.9. The molecule has 2 heterocycles. The maximum atomic E-state index is 12.9. The monoisotopic (exact) mass is 315 g/mol. The standard InChI is InChI=1S/C17H18ClN3O/c18-11-3-4-15-13(7-11)14(8-16(20-15)10-1-2-10)17(22)21-6-5-12(19)9-21/h3-4,7-8,10,12H,1-2,5-6,9,19H2. The average molecular weight is 316 g/mol. The van der Waals surface area contributed by atoms with Crippen LogP contribution < -0.4 is 5.73 Å². The second kappa shape index (κ2) is 5.21. The third kappa shape index (κ3) is 2.46. The fraction of sp³-hybridized carbons (Fsp3) is 0.412. The molecule has 1 atom stereocenters. The molecular formula is C17H18ClN3O. The number of pyridine rings is 1. The Morgan fingerprint density at radius 2 is 2.09 bits per heavy atom. The van der Waals surface area contributed by atoms with Gasteiger partial charge in [0.05, 0.1) is 11.1 Å². The van der Waals surface area contributed by atoms with E-state index < -0.39 is 0 Å². The fourth-order valence-corrected chi connectivity index (χ4v) is 3.30. The quantitative estimate of drug-likeness (QED) is 0.927. The third-order valence-electron chi connectivity index (χ3n) is 4.53. The lowest BCUT2D eigenvalue weighted by Gasteiger charge is -2.18. The number of nitrogens with zero attached hydrogens (tertiary/aromatic N) is 2. The average Bonchev–Trinajstić information content (AvgIpc) is 3.27. The van der Waals surface area contributed by atoms with Crippen molar-refractivity contribution in [2.24, 2.45) is 5.73 Å². The van der Waals surface area contributed by atoms with Crippen molar-refractivity contribution < 1.29 is 4.79 Å². The molecule has 4 rings (SSSR count). The molecule has 22 heavy (non-hydrogen) atoms. The van der Waals surface area contributed by atoms with Crippen LogP contribution in [-0.4, -0.2) is 34.9 Å². The van der Waals surface area contributed by atoms with E-state index in [-0.39, 0.29) is 11.9 Å². The van der Waals surface area contributed by atoms with Crippen molar-refractivity contribution in [3.05, 3.63) is 40.5 Å². The number of benzene rings is 1. The van der Waals surface area contributed by atoms with Gasteiger partial charge in [0.25, 0.3) is 5.91 Å². The minimum absolute atomic E-state index is 0.0458. The summed E-state index contributed by atoms with van der Waals surface area (Å²) in [6, 6.07) is 7.61. The van der Waals surface area contributed by atoms with Gasteiger partial charge in [-0.15, -0.1) is 0 Å². The lowest BCUT2D eigenvalue weighted by atomic mass is 10.0. The first-order valence-electron chi connectivity index (χ1n) is 7.77. The highest BCUT2D eigenvalue weighted by atomic mass is 35.5. The predicted octanol–water partition coefficient (Wildman–Crippen LogP) is 2.94. The van der Waals surface area contributed by atoms with Crippen molar-refractivity contribution >= 4 is 28.4 Å². The van der Waals surface area contributed by atoms with E-state index in [9.17, 15) is 4.79 Å². The number of nitrogens with two attached hydrogens (primary N) is 1. The number of aromatic nitrogens is 1. The highest BCUT2D eigenvalue weighted by Gasteiger charge is 2.30. The molecule has 1 amide bonds. The molecule has 5 heteroatoms. The summed E-state index contributed by atoms with van der Waals surface area (Å²) in [7, 11) is 0. The van der Waals surface area contributed by atoms with E-state index in [1.54, 1.807) is 0 Å². The van der Waals surface area contributed by atoms with Gasteiger partial charge < -0.3 is 10.6 Å². The number of amides is 1. The summed E-state index contributed by atoms with van der Waals surface area (Å²) >= 11 is 6.12. The fourth-order valence-electron chi connectivity index (χ4n) is 3.13. The maximum Gasteiger partial charge on any atom is 0.254 e. The van der Waals surface area contributed by atoms with Gasteiger partial charge >= 0.3 is 0 Å². The number of likely N-dealkylation sites (tertiary alicyclic amines) is 1. The van der Waals surface area contributed by atoms with Crippen LogP contribution in [0, 0.1) is 0 Å². The van der Waals surface area contributed by atoms with Crippen molar-refractivity contribution in [2.75, 3.05) is 13.1 Å². The topological polar surface area (TPSA) is 59.2 Å². The zero-order valence-electron chi connectivity index (χ0n) is 12.3. The normalized spacial score (nSPS) is 21.5. The Hall–Kier alpha value is -1.65. The molecule has 1 aromatic carbocycles. The number of carbonyl (C=O) groups excluding carboxylic acids is 1. The Kier molecular flexibility index (Phi) is 3.31. The minimum Gasteiger partial charge on any atom is -0.337 e. The van der Waals surface area contributed by atoms with Crippen molar-refractivity contribution in [1.29, 1.82) is 0 Å². The van der Waals surface area contributed by atoms with Gasteiger partial charge in [0.15, 0.2) is 0 Å². The summed E-state index contributed by atoms with van der Waals surface area (Å²) in [4.78, 5) is 19.5. The molecule has 4 nitrogen and oxygen atoms in total. The molecule has 0 spiro atoms. The van der Waals surface area contributed by atoms with Crippen LogP contribution in [0.4, 0.5) is 0 Å². The molecule has 1 saturated heterocycles. The van der Waals surface area contributed by atoms with Gasteiger partial charge in [-0.1, -0.05) is 11.6 Å². The first-order chi connectivity index (χ1) is 10.6. The summed E-state index contributed by atoms with van der Waals surface area (Å²) in [6.07, 6.45) is 3.19. The summed E-state index contributed by atoms with van der Waals surface area (Å²) in [6.45, 7) is 1.35. The number of halogens is 1. The molecule has 0 bridgehead atoms. The second-order valence-electron chi connectivity index (χ2n) is 6.33. The van der Waals surface area contributed by atoms with E-state index in [4.69, 9.17) is 22.3 Å². The predicted molar refractivity (Wildman–Crippen MR) is 87.2 cm³/mol. The minimum atomic E-state index is 0.0458. The van der Waals surface area contributed by atoms with Crippen LogP contribution >= 0.6 is 11.6 Å². The van der Waals surface area contributed by atoms with Crippen molar-refractivity contribution in [2.45, 2.75) is 31.2 Å². The van der Waals surface area contributed by atoms with Crippen molar-refractivity contribution in [3.63, 3.8) is 0 Å². The zero-order valence-corrected chi connectivity index (χ0v) is 13.0. The van der Waals surface area contributed by atoms with E-state index in [1.165, 1.54) is 0 Å². The molecule has 1 aliphatic carbocycles. The van der Waals surface area contributed by atoms with Gasteiger partial charge in [0, 0.05) is 41.2 Å². The molecule has 114 valence electrons. The zero-order chi connectivity index (χ0) is 15.3. The molecule has 1 unspecified atom stereocenters.